The molecule has 1 heterocycles. The molecule has 2 aromatic rings. The lowest BCUT2D eigenvalue weighted by Gasteiger charge is -1.98. The Bertz CT molecular complexity index is 361. The van der Waals surface area contributed by atoms with E-state index in [4.69, 9.17) is 0 Å². The molecule has 0 amide bonds. The maximum absolute atomic E-state index is 4.24. The summed E-state index contributed by atoms with van der Waals surface area (Å²) in [5, 5.41) is 3.07. The normalized spacial score (nSPS) is 10.2. The number of nitrogens with zero attached hydrogens (tertiary/aromatic N) is 1. The van der Waals surface area contributed by atoms with E-state index >= 15 is 0 Å². The summed E-state index contributed by atoms with van der Waals surface area (Å²) in [6, 6.07) is 8.40. The third-order valence-electron chi connectivity index (χ3n) is 1.92. The highest BCUT2D eigenvalue weighted by Crippen LogP contribution is 2.21. The Morgan fingerprint density at radius 2 is 2.00 bits per heavy atom. The Morgan fingerprint density at radius 1 is 1.23 bits per heavy atom. The van der Waals surface area contributed by atoms with Crippen molar-refractivity contribution in [3.05, 3.63) is 48.3 Å². The van der Waals surface area contributed by atoms with Gasteiger partial charge in [0.25, 0.3) is 0 Å². The first-order chi connectivity index (χ1) is 6.40. The highest BCUT2D eigenvalue weighted by Gasteiger charge is 1.98. The van der Waals surface area contributed by atoms with Crippen LogP contribution in [0.3, 0.4) is 0 Å². The molecule has 0 spiro atoms. The van der Waals surface area contributed by atoms with Crippen LogP contribution < -0.4 is 0 Å². The molecule has 0 bridgehead atoms. The fourth-order valence-corrected chi connectivity index (χ4v) is 1.82. The Labute approximate surface area is 82.1 Å². The molecule has 0 aliphatic carbocycles. The van der Waals surface area contributed by atoms with Crippen molar-refractivity contribution in [2.24, 2.45) is 0 Å². The van der Waals surface area contributed by atoms with Crippen molar-refractivity contribution < 1.29 is 0 Å². The lowest BCUT2D eigenvalue weighted by Crippen LogP contribution is -1.80. The molecule has 0 saturated heterocycles. The first kappa shape index (κ1) is 8.45. The molecule has 0 aliphatic heterocycles. The topological polar surface area (TPSA) is 12.9 Å². The number of hydrogen-bond acceptors (Lipinski definition) is 2. The van der Waals surface area contributed by atoms with Crippen LogP contribution in [0.1, 0.15) is 5.56 Å². The van der Waals surface area contributed by atoms with Crippen LogP contribution in [0.25, 0.3) is 10.6 Å². The molecule has 1 nitrogen and oxygen atoms in total. The Morgan fingerprint density at radius 3 is 2.54 bits per heavy atom. The minimum Gasteiger partial charge on any atom is -0.245 e. The maximum Gasteiger partial charge on any atom is 0.123 e. The van der Waals surface area contributed by atoms with Gasteiger partial charge in [-0.2, -0.15) is 0 Å². The van der Waals surface area contributed by atoms with E-state index in [2.05, 4.69) is 36.2 Å². The van der Waals surface area contributed by atoms with E-state index < -0.39 is 0 Å². The Hall–Kier alpha value is -1.15. The van der Waals surface area contributed by atoms with Gasteiger partial charge < -0.3 is 0 Å². The second kappa shape index (κ2) is 3.71. The molecule has 0 atom stereocenters. The van der Waals surface area contributed by atoms with Gasteiger partial charge in [-0.1, -0.05) is 24.3 Å². The number of rotatable bonds is 2. The molecule has 2 rings (SSSR count). The molecule has 0 aliphatic rings. The Kier molecular flexibility index (Phi) is 2.41. The molecule has 0 unspecified atom stereocenters. The number of hydrogen-bond donors (Lipinski definition) is 0. The molecule has 1 radical (unpaired) electrons. The van der Waals surface area contributed by atoms with Crippen LogP contribution in [0, 0.1) is 6.92 Å². The van der Waals surface area contributed by atoms with E-state index in [-0.39, 0.29) is 0 Å². The summed E-state index contributed by atoms with van der Waals surface area (Å²) < 4.78 is 0. The van der Waals surface area contributed by atoms with Crippen molar-refractivity contribution in [3.8, 4) is 10.6 Å². The summed E-state index contributed by atoms with van der Waals surface area (Å²) >= 11 is 1.66. The van der Waals surface area contributed by atoms with Crippen LogP contribution in [0.5, 0.6) is 0 Å². The van der Waals surface area contributed by atoms with Crippen LogP contribution in [-0.4, -0.2) is 4.98 Å². The van der Waals surface area contributed by atoms with Gasteiger partial charge in [-0.05, 0) is 18.9 Å². The highest BCUT2D eigenvalue weighted by molar-refractivity contribution is 7.13. The van der Waals surface area contributed by atoms with Gasteiger partial charge in [0.05, 0.1) is 0 Å². The number of thiazole rings is 1. The van der Waals surface area contributed by atoms with E-state index in [1.54, 1.807) is 11.3 Å². The van der Waals surface area contributed by atoms with Gasteiger partial charge in [-0.3, -0.25) is 0 Å². The molecule has 65 valence electrons. The van der Waals surface area contributed by atoms with Crippen LogP contribution in [0.4, 0.5) is 0 Å². The second-order valence-corrected chi connectivity index (χ2v) is 3.68. The van der Waals surface area contributed by atoms with Crippen molar-refractivity contribution in [2.45, 2.75) is 6.42 Å². The number of benzene rings is 1. The van der Waals surface area contributed by atoms with Crippen LogP contribution in [0.15, 0.2) is 35.8 Å². The van der Waals surface area contributed by atoms with Crippen molar-refractivity contribution in [1.29, 1.82) is 0 Å². The van der Waals surface area contributed by atoms with Crippen molar-refractivity contribution >= 4 is 11.3 Å². The van der Waals surface area contributed by atoms with Gasteiger partial charge in [0, 0.05) is 17.1 Å². The van der Waals surface area contributed by atoms with E-state index in [9.17, 15) is 0 Å². The van der Waals surface area contributed by atoms with Gasteiger partial charge >= 0.3 is 0 Å². The van der Waals surface area contributed by atoms with Gasteiger partial charge in [-0.25, -0.2) is 4.98 Å². The summed E-state index contributed by atoms with van der Waals surface area (Å²) in [5.41, 5.74) is 2.45. The fraction of sp³-hybridized carbons (Fsp3) is 0.0909. The monoisotopic (exact) mass is 188 g/mol. The van der Waals surface area contributed by atoms with E-state index in [0.29, 0.717) is 0 Å². The zero-order valence-corrected chi connectivity index (χ0v) is 8.05. The van der Waals surface area contributed by atoms with Gasteiger partial charge in [0.15, 0.2) is 0 Å². The predicted molar refractivity (Wildman–Crippen MR) is 56.6 cm³/mol. The zero-order chi connectivity index (χ0) is 9.10. The molecular formula is C11H10NS. The average Bonchev–Trinajstić information content (AvgIpc) is 2.71. The van der Waals surface area contributed by atoms with Gasteiger partial charge in [0.1, 0.15) is 5.01 Å². The molecule has 2 heteroatoms. The van der Waals surface area contributed by atoms with Crippen LogP contribution in [0.2, 0.25) is 0 Å². The van der Waals surface area contributed by atoms with Gasteiger partial charge in [0.2, 0.25) is 0 Å². The largest absolute Gasteiger partial charge is 0.245 e. The van der Waals surface area contributed by atoms with Crippen LogP contribution >= 0.6 is 11.3 Å². The third-order valence-corrected chi connectivity index (χ3v) is 2.74. The molecule has 1 aromatic carbocycles. The summed E-state index contributed by atoms with van der Waals surface area (Å²) in [6.07, 6.45) is 2.67. The lowest BCUT2D eigenvalue weighted by molar-refractivity contribution is 1.27. The first-order valence-electron chi connectivity index (χ1n) is 4.18. The first-order valence-corrected chi connectivity index (χ1v) is 5.06. The molecule has 0 fully saturated rings. The minimum absolute atomic E-state index is 0.845. The SMILES string of the molecule is [CH2]Cc1ccc(-c2nccs2)cc1. The van der Waals surface area contributed by atoms with Crippen molar-refractivity contribution in [3.63, 3.8) is 0 Å². The van der Waals surface area contributed by atoms with E-state index in [0.717, 1.165) is 11.4 Å². The fourth-order valence-electron chi connectivity index (χ4n) is 1.18. The molecule has 1 aromatic heterocycles. The van der Waals surface area contributed by atoms with Crippen LogP contribution in [-0.2, 0) is 6.42 Å². The highest BCUT2D eigenvalue weighted by atomic mass is 32.1. The zero-order valence-electron chi connectivity index (χ0n) is 7.23. The average molecular weight is 188 g/mol. The predicted octanol–water partition coefficient (Wildman–Crippen LogP) is 3.19. The van der Waals surface area contributed by atoms with Gasteiger partial charge in [-0.15, -0.1) is 11.3 Å². The quantitative estimate of drug-likeness (QED) is 0.705. The van der Waals surface area contributed by atoms with E-state index in [1.807, 2.05) is 11.6 Å². The summed E-state index contributed by atoms with van der Waals surface area (Å²) in [4.78, 5) is 4.24. The van der Waals surface area contributed by atoms with Crippen molar-refractivity contribution in [2.75, 3.05) is 0 Å². The molecule has 0 saturated carbocycles. The smallest absolute Gasteiger partial charge is 0.123 e. The number of aromatic nitrogens is 1. The molecule has 13 heavy (non-hydrogen) atoms. The summed E-state index contributed by atoms with van der Waals surface area (Å²) in [7, 11) is 0. The second-order valence-electron chi connectivity index (χ2n) is 2.78. The molecular weight excluding hydrogens is 178 g/mol. The maximum atomic E-state index is 4.24. The standard InChI is InChI=1S/C11H10NS/c1-2-9-3-5-10(6-4-9)11-12-7-8-13-11/h3-8H,1-2H2. The Balaban J connectivity index is 2.33. The lowest BCUT2D eigenvalue weighted by atomic mass is 10.1. The third kappa shape index (κ3) is 1.78. The summed E-state index contributed by atoms with van der Waals surface area (Å²) in [6.45, 7) is 3.84. The minimum atomic E-state index is 0.845. The van der Waals surface area contributed by atoms with E-state index in [1.165, 1.54) is 11.1 Å². The summed E-state index contributed by atoms with van der Waals surface area (Å²) in [5.74, 6) is 0. The molecule has 0 N–H and O–H groups in total. The van der Waals surface area contributed by atoms with Crippen molar-refractivity contribution in [1.82, 2.24) is 4.98 Å².